The average Bonchev–Trinajstić information content (AvgIpc) is 2.42. The largest absolute Gasteiger partial charge is 0.455 e. The van der Waals surface area contributed by atoms with Crippen molar-refractivity contribution in [3.8, 4) is 5.75 Å². The number of nitrogen functional groups attached to an aromatic ring is 1. The van der Waals surface area contributed by atoms with Gasteiger partial charge in [0.1, 0.15) is 11.6 Å². The Morgan fingerprint density at radius 1 is 1.53 bits per heavy atom. The van der Waals surface area contributed by atoms with Crippen LogP contribution in [0.4, 0.5) is 10.1 Å². The van der Waals surface area contributed by atoms with E-state index in [4.69, 9.17) is 10.6 Å². The van der Waals surface area contributed by atoms with Crippen molar-refractivity contribution < 1.29 is 9.13 Å². The second kappa shape index (κ2) is 7.38. The molecule has 3 N–H and O–H groups in total. The molecule has 0 atom stereocenters. The van der Waals surface area contributed by atoms with E-state index in [9.17, 15) is 4.39 Å². The van der Waals surface area contributed by atoms with E-state index in [1.807, 2.05) is 6.92 Å². The molecule has 1 aromatic carbocycles. The van der Waals surface area contributed by atoms with Gasteiger partial charge in [-0.1, -0.05) is 25.7 Å². The van der Waals surface area contributed by atoms with Crippen molar-refractivity contribution in [2.45, 2.75) is 20.3 Å². The van der Waals surface area contributed by atoms with E-state index in [-0.39, 0.29) is 18.0 Å². The van der Waals surface area contributed by atoms with E-state index < -0.39 is 0 Å². The Kier molecular flexibility index (Phi) is 5.82. The SMILES string of the molecule is C=C/C=C\C(Oc1ccc(NN)c(C)c1)=C(\F)CC. The molecule has 4 heteroatoms. The summed E-state index contributed by atoms with van der Waals surface area (Å²) in [7, 11) is 0. The molecular weight excluding hydrogens is 243 g/mol. The van der Waals surface area contributed by atoms with Crippen molar-refractivity contribution in [3.05, 3.63) is 60.2 Å². The summed E-state index contributed by atoms with van der Waals surface area (Å²) in [4.78, 5) is 0. The molecule has 0 saturated heterocycles. The molecule has 0 radical (unpaired) electrons. The maximum Gasteiger partial charge on any atom is 0.158 e. The summed E-state index contributed by atoms with van der Waals surface area (Å²) in [6.07, 6.45) is 5.03. The van der Waals surface area contributed by atoms with Crippen molar-refractivity contribution in [1.82, 2.24) is 0 Å². The lowest BCUT2D eigenvalue weighted by molar-refractivity contribution is 0.407. The Morgan fingerprint density at radius 2 is 2.26 bits per heavy atom. The summed E-state index contributed by atoms with van der Waals surface area (Å²) in [5, 5.41) is 0. The van der Waals surface area contributed by atoms with Gasteiger partial charge in [0.15, 0.2) is 5.76 Å². The summed E-state index contributed by atoms with van der Waals surface area (Å²) >= 11 is 0. The zero-order valence-corrected chi connectivity index (χ0v) is 11.2. The molecule has 0 unspecified atom stereocenters. The van der Waals surface area contributed by atoms with Crippen molar-refractivity contribution in [3.63, 3.8) is 0 Å². The third-order valence-corrected chi connectivity index (χ3v) is 2.54. The molecule has 0 saturated carbocycles. The number of benzene rings is 1. The Balaban J connectivity index is 3.00. The molecule has 0 bridgehead atoms. The highest BCUT2D eigenvalue weighted by Gasteiger charge is 2.06. The molecule has 3 nitrogen and oxygen atoms in total. The van der Waals surface area contributed by atoms with E-state index in [1.54, 1.807) is 43.4 Å². The van der Waals surface area contributed by atoms with E-state index in [0.29, 0.717) is 5.75 Å². The van der Waals surface area contributed by atoms with Crippen molar-refractivity contribution in [1.29, 1.82) is 0 Å². The van der Waals surface area contributed by atoms with Gasteiger partial charge in [0.25, 0.3) is 0 Å². The van der Waals surface area contributed by atoms with Gasteiger partial charge in [-0.25, -0.2) is 4.39 Å². The second-order valence-electron chi connectivity index (χ2n) is 3.94. The molecule has 0 aliphatic rings. The maximum absolute atomic E-state index is 13.7. The third kappa shape index (κ3) is 4.26. The zero-order chi connectivity index (χ0) is 14.3. The number of nitrogens with one attached hydrogen (secondary N) is 1. The molecular formula is C15H19FN2O. The number of aryl methyl sites for hydroxylation is 1. The van der Waals surface area contributed by atoms with Gasteiger partial charge in [0, 0.05) is 6.42 Å². The lowest BCUT2D eigenvalue weighted by Crippen LogP contribution is -2.08. The number of hydrazine groups is 1. The average molecular weight is 262 g/mol. The van der Waals surface area contributed by atoms with E-state index in [0.717, 1.165) is 11.3 Å². The predicted octanol–water partition coefficient (Wildman–Crippen LogP) is 3.99. The van der Waals surface area contributed by atoms with Crippen LogP contribution in [0.25, 0.3) is 0 Å². The van der Waals surface area contributed by atoms with Gasteiger partial charge in [0.05, 0.1) is 5.69 Å². The number of anilines is 1. The first-order valence-corrected chi connectivity index (χ1v) is 6.05. The van der Waals surface area contributed by atoms with Crippen LogP contribution in [0, 0.1) is 6.92 Å². The summed E-state index contributed by atoms with van der Waals surface area (Å²) in [6, 6.07) is 5.30. The highest BCUT2D eigenvalue weighted by atomic mass is 19.1. The molecule has 0 fully saturated rings. The second-order valence-corrected chi connectivity index (χ2v) is 3.94. The summed E-state index contributed by atoms with van der Waals surface area (Å²) in [5.74, 6) is 5.80. The molecule has 102 valence electrons. The Bertz CT molecular complexity index is 507. The number of hydrogen-bond donors (Lipinski definition) is 2. The fraction of sp³-hybridized carbons (Fsp3) is 0.200. The van der Waals surface area contributed by atoms with Crippen LogP contribution in [0.1, 0.15) is 18.9 Å². The molecule has 1 rings (SSSR count). The lowest BCUT2D eigenvalue weighted by Gasteiger charge is -2.10. The highest BCUT2D eigenvalue weighted by molar-refractivity contribution is 5.53. The first-order valence-electron chi connectivity index (χ1n) is 6.05. The van der Waals surface area contributed by atoms with Crippen LogP contribution in [0.3, 0.4) is 0 Å². The predicted molar refractivity (Wildman–Crippen MR) is 77.4 cm³/mol. The van der Waals surface area contributed by atoms with Crippen LogP contribution in [-0.2, 0) is 0 Å². The highest BCUT2D eigenvalue weighted by Crippen LogP contribution is 2.24. The maximum atomic E-state index is 13.7. The van der Waals surface area contributed by atoms with E-state index in [1.165, 1.54) is 0 Å². The third-order valence-electron chi connectivity index (χ3n) is 2.54. The molecule has 0 aliphatic carbocycles. The standard InChI is InChI=1S/C15H19FN2O/c1-4-6-7-15(13(16)5-2)19-12-8-9-14(18-17)11(3)10-12/h4,6-10,18H,1,5,17H2,2-3H3/b7-6-,15-13-. The molecule has 19 heavy (non-hydrogen) atoms. The minimum absolute atomic E-state index is 0.190. The molecule has 0 aliphatic heterocycles. The fourth-order valence-corrected chi connectivity index (χ4v) is 1.50. The van der Waals surface area contributed by atoms with Gasteiger partial charge in [-0.3, -0.25) is 5.84 Å². The van der Waals surface area contributed by atoms with Crippen molar-refractivity contribution in [2.24, 2.45) is 5.84 Å². The van der Waals surface area contributed by atoms with Gasteiger partial charge in [-0.05, 0) is 36.8 Å². The number of halogens is 1. The number of allylic oxidation sites excluding steroid dienone is 4. The van der Waals surface area contributed by atoms with Crippen molar-refractivity contribution in [2.75, 3.05) is 5.43 Å². The number of rotatable bonds is 6. The number of ether oxygens (including phenoxy) is 1. The fourth-order valence-electron chi connectivity index (χ4n) is 1.50. The summed E-state index contributed by atoms with van der Waals surface area (Å²) < 4.78 is 19.2. The van der Waals surface area contributed by atoms with Gasteiger partial charge >= 0.3 is 0 Å². The smallest absolute Gasteiger partial charge is 0.158 e. The normalized spacial score (nSPS) is 12.2. The lowest BCUT2D eigenvalue weighted by atomic mass is 10.2. The molecule has 0 aromatic heterocycles. The van der Waals surface area contributed by atoms with Gasteiger partial charge in [-0.2, -0.15) is 0 Å². The van der Waals surface area contributed by atoms with Crippen LogP contribution in [0.5, 0.6) is 5.75 Å². The van der Waals surface area contributed by atoms with Crippen LogP contribution < -0.4 is 16.0 Å². The van der Waals surface area contributed by atoms with E-state index >= 15 is 0 Å². The monoisotopic (exact) mass is 262 g/mol. The first-order chi connectivity index (χ1) is 9.12. The van der Waals surface area contributed by atoms with Gasteiger partial charge in [0.2, 0.25) is 0 Å². The number of hydrogen-bond acceptors (Lipinski definition) is 3. The van der Waals surface area contributed by atoms with Crippen LogP contribution >= 0.6 is 0 Å². The quantitative estimate of drug-likeness (QED) is 0.352. The Morgan fingerprint density at radius 3 is 2.79 bits per heavy atom. The van der Waals surface area contributed by atoms with Crippen LogP contribution in [0.15, 0.2) is 54.6 Å². The zero-order valence-electron chi connectivity index (χ0n) is 11.2. The van der Waals surface area contributed by atoms with Crippen LogP contribution in [0.2, 0.25) is 0 Å². The molecule has 0 spiro atoms. The molecule has 1 aromatic rings. The molecule has 0 heterocycles. The van der Waals surface area contributed by atoms with Gasteiger partial charge < -0.3 is 10.2 Å². The Labute approximate surface area is 113 Å². The topological polar surface area (TPSA) is 47.3 Å². The van der Waals surface area contributed by atoms with Crippen molar-refractivity contribution >= 4 is 5.69 Å². The first kappa shape index (κ1) is 15.0. The van der Waals surface area contributed by atoms with E-state index in [2.05, 4.69) is 12.0 Å². The van der Waals surface area contributed by atoms with Gasteiger partial charge in [-0.15, -0.1) is 0 Å². The van der Waals surface area contributed by atoms with Crippen LogP contribution in [-0.4, -0.2) is 0 Å². The minimum atomic E-state index is -0.309. The number of nitrogens with two attached hydrogens (primary N) is 1. The summed E-state index contributed by atoms with van der Waals surface area (Å²) in [5.41, 5.74) is 4.30. The Hall–Kier alpha value is -2.07. The molecule has 0 amide bonds. The minimum Gasteiger partial charge on any atom is -0.455 e. The summed E-state index contributed by atoms with van der Waals surface area (Å²) in [6.45, 7) is 7.17.